The van der Waals surface area contributed by atoms with Crippen molar-refractivity contribution < 1.29 is 28.7 Å². The van der Waals surface area contributed by atoms with Crippen LogP contribution in [0.4, 0.5) is 10.5 Å². The van der Waals surface area contributed by atoms with E-state index in [9.17, 15) is 19.7 Å². The molecule has 1 unspecified atom stereocenters. The third kappa shape index (κ3) is 5.49. The van der Waals surface area contributed by atoms with E-state index in [1.54, 1.807) is 13.0 Å². The molecule has 1 atom stereocenters. The highest BCUT2D eigenvalue weighted by atomic mass is 16.7. The Morgan fingerprint density at radius 1 is 1.23 bits per heavy atom. The van der Waals surface area contributed by atoms with Crippen molar-refractivity contribution in [1.82, 2.24) is 10.2 Å². The number of likely N-dealkylation sites (N-methyl/N-ethyl adjacent to an activating group) is 1. The number of esters is 1. The fourth-order valence-electron chi connectivity index (χ4n) is 4.10. The monoisotopic (exact) mass is 479 g/mol. The zero-order valence-electron chi connectivity index (χ0n) is 19.4. The largest absolute Gasteiger partial charge is 0.513 e. The maximum absolute atomic E-state index is 12.6. The average Bonchev–Trinajstić information content (AvgIpc) is 3.20. The molecular weight excluding hydrogens is 454 g/mol. The van der Waals surface area contributed by atoms with Crippen LogP contribution in [0.1, 0.15) is 24.0 Å². The van der Waals surface area contributed by atoms with Crippen LogP contribution in [-0.2, 0) is 25.5 Å². The maximum atomic E-state index is 12.6. The van der Waals surface area contributed by atoms with Gasteiger partial charge in [0.15, 0.2) is 0 Å². The number of hydrogen-bond acceptors (Lipinski definition) is 9. The van der Waals surface area contributed by atoms with E-state index in [-0.39, 0.29) is 30.2 Å². The predicted octanol–water partition coefficient (Wildman–Crippen LogP) is 3.61. The number of ether oxygens (including phenoxy) is 3. The molecule has 2 heterocycles. The maximum Gasteiger partial charge on any atom is 0.513 e. The zero-order valence-corrected chi connectivity index (χ0v) is 19.4. The molecule has 4 rings (SSSR count). The molecule has 35 heavy (non-hydrogen) atoms. The molecule has 0 fully saturated rings. The number of nitro benzene ring substituents is 1. The number of non-ortho nitro benzene ring substituents is 1. The van der Waals surface area contributed by atoms with Crippen molar-refractivity contribution in [1.29, 1.82) is 0 Å². The van der Waals surface area contributed by atoms with E-state index in [1.807, 2.05) is 42.3 Å². The molecule has 0 aliphatic carbocycles. The minimum absolute atomic E-state index is 0.0441. The first-order chi connectivity index (χ1) is 16.8. The first kappa shape index (κ1) is 24.0. The lowest BCUT2D eigenvalue weighted by atomic mass is 9.85. The fourth-order valence-corrected chi connectivity index (χ4v) is 4.10. The summed E-state index contributed by atoms with van der Waals surface area (Å²) in [6, 6.07) is 15.8. The van der Waals surface area contributed by atoms with Gasteiger partial charge in [-0.05, 0) is 25.1 Å². The fraction of sp³-hybridized carbons (Fsp3) is 0.280. The first-order valence-electron chi connectivity index (χ1n) is 11.0. The highest BCUT2D eigenvalue weighted by Gasteiger charge is 2.41. The number of benzene rings is 2. The van der Waals surface area contributed by atoms with Gasteiger partial charge in [-0.25, -0.2) is 9.59 Å². The Morgan fingerprint density at radius 2 is 2.00 bits per heavy atom. The second-order valence-corrected chi connectivity index (χ2v) is 8.29. The first-order valence-corrected chi connectivity index (χ1v) is 11.0. The second-order valence-electron chi connectivity index (χ2n) is 8.29. The van der Waals surface area contributed by atoms with Crippen LogP contribution in [-0.4, -0.2) is 48.8 Å². The van der Waals surface area contributed by atoms with Crippen LogP contribution >= 0.6 is 0 Å². The molecular formula is C25H25N3O7. The van der Waals surface area contributed by atoms with E-state index >= 15 is 0 Å². The summed E-state index contributed by atoms with van der Waals surface area (Å²) in [5.74, 6) is -1.30. The quantitative estimate of drug-likeness (QED) is 0.344. The number of nitrogens with zero attached hydrogens (tertiary/aromatic N) is 2. The van der Waals surface area contributed by atoms with Gasteiger partial charge < -0.3 is 19.5 Å². The molecule has 2 aromatic carbocycles. The van der Waals surface area contributed by atoms with Gasteiger partial charge in [-0.3, -0.25) is 15.0 Å². The Labute approximate surface area is 201 Å². The van der Waals surface area contributed by atoms with Crippen LogP contribution < -0.4 is 5.32 Å². The third-order valence-electron chi connectivity index (χ3n) is 5.75. The summed E-state index contributed by atoms with van der Waals surface area (Å²) in [5.41, 5.74) is 2.69. The molecule has 2 aliphatic rings. The number of carbonyl (C=O) groups excluding carboxylic acids is 2. The molecule has 0 aromatic heterocycles. The highest BCUT2D eigenvalue weighted by Crippen LogP contribution is 2.42. The Bertz CT molecular complexity index is 1210. The third-order valence-corrected chi connectivity index (χ3v) is 5.75. The lowest BCUT2D eigenvalue weighted by Gasteiger charge is -2.27. The molecule has 0 saturated carbocycles. The van der Waals surface area contributed by atoms with Gasteiger partial charge in [-0.15, -0.1) is 0 Å². The van der Waals surface area contributed by atoms with Crippen LogP contribution in [0, 0.1) is 10.1 Å². The Kier molecular flexibility index (Phi) is 7.11. The number of allylic oxidation sites excluding steroid dienone is 2. The SMILES string of the molecule is CC1=C(OC(=O)OCCN(C)Cc2ccccc2)C(c2cccc([N+](=O)[O-])c2)C2=C(COC2=O)N1. The summed E-state index contributed by atoms with van der Waals surface area (Å²) in [6.45, 7) is 3.01. The molecule has 0 spiro atoms. The molecule has 2 aromatic rings. The molecule has 0 saturated heterocycles. The van der Waals surface area contributed by atoms with Crippen LogP contribution in [0.2, 0.25) is 0 Å². The number of dihydropyridines is 1. The number of nitrogens with one attached hydrogen (secondary N) is 1. The van der Waals surface area contributed by atoms with Crippen molar-refractivity contribution in [2.75, 3.05) is 26.8 Å². The Morgan fingerprint density at radius 3 is 2.74 bits per heavy atom. The lowest BCUT2D eigenvalue weighted by molar-refractivity contribution is -0.384. The minimum atomic E-state index is -0.930. The Hall–Kier alpha value is -4.18. The van der Waals surface area contributed by atoms with Crippen molar-refractivity contribution in [3.05, 3.63) is 98.6 Å². The molecule has 10 heteroatoms. The molecule has 182 valence electrons. The van der Waals surface area contributed by atoms with E-state index in [1.165, 1.54) is 18.2 Å². The van der Waals surface area contributed by atoms with Gasteiger partial charge in [0, 0.05) is 25.2 Å². The summed E-state index contributed by atoms with van der Waals surface area (Å²) >= 11 is 0. The van der Waals surface area contributed by atoms with Gasteiger partial charge in [0.1, 0.15) is 19.0 Å². The summed E-state index contributed by atoms with van der Waals surface area (Å²) in [5, 5.41) is 14.3. The van der Waals surface area contributed by atoms with E-state index < -0.39 is 23.0 Å². The number of hydrogen-bond donors (Lipinski definition) is 1. The summed E-state index contributed by atoms with van der Waals surface area (Å²) in [4.78, 5) is 37.8. The number of carbonyl (C=O) groups is 2. The molecule has 0 bridgehead atoms. The smallest absolute Gasteiger partial charge is 0.456 e. The normalized spacial score (nSPS) is 17.1. The molecule has 0 radical (unpaired) electrons. The van der Waals surface area contributed by atoms with E-state index in [0.29, 0.717) is 30.0 Å². The topological polar surface area (TPSA) is 120 Å². The van der Waals surface area contributed by atoms with Crippen LogP contribution in [0.25, 0.3) is 0 Å². The highest BCUT2D eigenvalue weighted by molar-refractivity contribution is 5.95. The lowest BCUT2D eigenvalue weighted by Crippen LogP contribution is -2.29. The van der Waals surface area contributed by atoms with Crippen LogP contribution in [0.15, 0.2) is 77.3 Å². The second kappa shape index (κ2) is 10.4. The Balaban J connectivity index is 1.46. The summed E-state index contributed by atoms with van der Waals surface area (Å²) in [7, 11) is 1.91. The summed E-state index contributed by atoms with van der Waals surface area (Å²) < 4.78 is 16.0. The van der Waals surface area contributed by atoms with Gasteiger partial charge in [-0.1, -0.05) is 42.5 Å². The van der Waals surface area contributed by atoms with Gasteiger partial charge >= 0.3 is 12.1 Å². The standard InChI is InChI=1S/C25H25N3O7/c1-16-23(35-25(30)33-12-11-27(2)14-17-7-4-3-5-8-17)21(22-20(26-16)15-34-24(22)29)18-9-6-10-19(13-18)28(31)32/h3-10,13,21,26H,11-12,14-15H2,1-2H3. The number of cyclic esters (lactones) is 1. The molecule has 10 nitrogen and oxygen atoms in total. The van der Waals surface area contributed by atoms with E-state index in [2.05, 4.69) is 5.32 Å². The van der Waals surface area contributed by atoms with Crippen LogP contribution in [0.3, 0.4) is 0 Å². The zero-order chi connectivity index (χ0) is 24.9. The van der Waals surface area contributed by atoms with Crippen LogP contribution in [0.5, 0.6) is 0 Å². The average molecular weight is 479 g/mol. The van der Waals surface area contributed by atoms with Gasteiger partial charge in [0.05, 0.1) is 27.8 Å². The number of nitro groups is 1. The minimum Gasteiger partial charge on any atom is -0.456 e. The predicted molar refractivity (Wildman–Crippen MR) is 125 cm³/mol. The molecule has 0 amide bonds. The summed E-state index contributed by atoms with van der Waals surface area (Å²) in [6.07, 6.45) is -0.930. The van der Waals surface area contributed by atoms with Crippen molar-refractivity contribution in [3.8, 4) is 0 Å². The van der Waals surface area contributed by atoms with Gasteiger partial charge in [0.2, 0.25) is 0 Å². The van der Waals surface area contributed by atoms with E-state index in [0.717, 1.165) is 5.56 Å². The van der Waals surface area contributed by atoms with Crippen molar-refractivity contribution in [3.63, 3.8) is 0 Å². The van der Waals surface area contributed by atoms with Gasteiger partial charge in [0.25, 0.3) is 5.69 Å². The van der Waals surface area contributed by atoms with Crippen molar-refractivity contribution in [2.45, 2.75) is 19.4 Å². The molecule has 2 aliphatic heterocycles. The van der Waals surface area contributed by atoms with Crippen molar-refractivity contribution in [2.24, 2.45) is 0 Å². The van der Waals surface area contributed by atoms with Crippen molar-refractivity contribution >= 4 is 17.8 Å². The molecule has 1 N–H and O–H groups in total. The van der Waals surface area contributed by atoms with E-state index in [4.69, 9.17) is 14.2 Å². The van der Waals surface area contributed by atoms with Gasteiger partial charge in [-0.2, -0.15) is 0 Å². The number of rotatable bonds is 8.